The minimum Gasteiger partial charge on any atom is -0.484 e. The maximum Gasteiger partial charge on any atom is 0.262 e. The van der Waals surface area contributed by atoms with Crippen molar-refractivity contribution in [1.29, 1.82) is 0 Å². The largest absolute Gasteiger partial charge is 0.484 e. The van der Waals surface area contributed by atoms with Crippen LogP contribution in [0.4, 0.5) is 5.69 Å². The number of carbonyl (C=O) groups is 2. The highest BCUT2D eigenvalue weighted by Gasteiger charge is 2.35. The van der Waals surface area contributed by atoms with E-state index in [1.54, 1.807) is 24.3 Å². The monoisotopic (exact) mass is 443 g/mol. The lowest BCUT2D eigenvalue weighted by molar-refractivity contribution is -0.134. The van der Waals surface area contributed by atoms with Gasteiger partial charge in [0.1, 0.15) is 5.75 Å². The molecule has 1 saturated carbocycles. The molecule has 0 spiro atoms. The summed E-state index contributed by atoms with van der Waals surface area (Å²) in [5.74, 6) is 0.604. The molecule has 2 aromatic rings. The highest BCUT2D eigenvalue weighted by Crippen LogP contribution is 2.33. The van der Waals surface area contributed by atoms with E-state index in [1.807, 2.05) is 43.0 Å². The van der Waals surface area contributed by atoms with Gasteiger partial charge in [0, 0.05) is 29.7 Å². The molecule has 3 rings (SSSR count). The van der Waals surface area contributed by atoms with Gasteiger partial charge in [-0.1, -0.05) is 43.6 Å². The molecule has 31 heavy (non-hydrogen) atoms. The summed E-state index contributed by atoms with van der Waals surface area (Å²) in [6.07, 6.45) is 1.87. The molecular weight excluding hydrogens is 414 g/mol. The molecule has 0 atom stereocenters. The Hall–Kier alpha value is -2.57. The third-order valence-electron chi connectivity index (χ3n) is 5.21. The Kier molecular flexibility index (Phi) is 7.57. The van der Waals surface area contributed by atoms with E-state index in [1.165, 1.54) is 0 Å². The lowest BCUT2D eigenvalue weighted by Gasteiger charge is -2.32. The standard InChI is InChI=1S/C24H30ClN3O3/c1-24(2,15-26)16-28(23(30)17-8-9-17)13-18-12-19(10-11-21(18)25)27-22(29)14-31-20-6-4-3-5-7-20/h3-7,10-12,17H,8-9,13-16,26H2,1-2H3,(H,27,29). The fourth-order valence-corrected chi connectivity index (χ4v) is 3.40. The fourth-order valence-electron chi connectivity index (χ4n) is 3.22. The predicted molar refractivity (Wildman–Crippen MR) is 123 cm³/mol. The van der Waals surface area contributed by atoms with Crippen LogP contribution in [0.5, 0.6) is 5.75 Å². The zero-order chi connectivity index (χ0) is 22.4. The summed E-state index contributed by atoms with van der Waals surface area (Å²) in [5, 5.41) is 3.38. The second kappa shape index (κ2) is 10.2. The Morgan fingerprint density at radius 1 is 1.19 bits per heavy atom. The smallest absolute Gasteiger partial charge is 0.262 e. The van der Waals surface area contributed by atoms with Crippen LogP contribution in [0.2, 0.25) is 5.02 Å². The van der Waals surface area contributed by atoms with Gasteiger partial charge in [0.2, 0.25) is 5.91 Å². The number of hydrogen-bond donors (Lipinski definition) is 2. The topological polar surface area (TPSA) is 84.7 Å². The lowest BCUT2D eigenvalue weighted by Crippen LogP contribution is -2.42. The SMILES string of the molecule is CC(C)(CN)CN(Cc1cc(NC(=O)COc2ccccc2)ccc1Cl)C(=O)C1CC1. The molecule has 166 valence electrons. The van der Waals surface area contributed by atoms with E-state index in [0.29, 0.717) is 36.1 Å². The van der Waals surface area contributed by atoms with Crippen molar-refractivity contribution >= 4 is 29.1 Å². The van der Waals surface area contributed by atoms with Crippen LogP contribution in [0.3, 0.4) is 0 Å². The third-order valence-corrected chi connectivity index (χ3v) is 5.58. The number of amides is 2. The van der Waals surface area contributed by atoms with Gasteiger partial charge in [-0.2, -0.15) is 0 Å². The van der Waals surface area contributed by atoms with E-state index >= 15 is 0 Å². The van der Waals surface area contributed by atoms with Gasteiger partial charge in [0.25, 0.3) is 5.91 Å². The van der Waals surface area contributed by atoms with Crippen molar-refractivity contribution in [3.63, 3.8) is 0 Å². The Morgan fingerprint density at radius 2 is 1.90 bits per heavy atom. The molecule has 0 aromatic heterocycles. The number of nitrogens with zero attached hydrogens (tertiary/aromatic N) is 1. The molecule has 1 aliphatic carbocycles. The average molecular weight is 444 g/mol. The molecule has 0 bridgehead atoms. The summed E-state index contributed by atoms with van der Waals surface area (Å²) in [7, 11) is 0. The van der Waals surface area contributed by atoms with Crippen molar-refractivity contribution in [2.45, 2.75) is 33.2 Å². The van der Waals surface area contributed by atoms with E-state index in [0.717, 1.165) is 18.4 Å². The summed E-state index contributed by atoms with van der Waals surface area (Å²) < 4.78 is 5.49. The van der Waals surface area contributed by atoms with E-state index < -0.39 is 0 Å². The zero-order valence-electron chi connectivity index (χ0n) is 18.1. The minimum absolute atomic E-state index is 0.0983. The van der Waals surface area contributed by atoms with Crippen molar-refractivity contribution in [1.82, 2.24) is 4.90 Å². The molecule has 2 aromatic carbocycles. The number of rotatable bonds is 10. The maximum atomic E-state index is 12.9. The van der Waals surface area contributed by atoms with E-state index in [4.69, 9.17) is 22.1 Å². The number of hydrogen-bond acceptors (Lipinski definition) is 4. The Labute approximate surface area is 188 Å². The quantitative estimate of drug-likeness (QED) is 0.579. The number of anilines is 1. The molecule has 0 unspecified atom stereocenters. The van der Waals surface area contributed by atoms with E-state index in [9.17, 15) is 9.59 Å². The van der Waals surface area contributed by atoms with Crippen LogP contribution in [-0.2, 0) is 16.1 Å². The van der Waals surface area contributed by atoms with Crippen molar-refractivity contribution < 1.29 is 14.3 Å². The molecule has 6 nitrogen and oxygen atoms in total. The summed E-state index contributed by atoms with van der Waals surface area (Å²) >= 11 is 6.42. The molecule has 1 fully saturated rings. The van der Waals surface area contributed by atoms with E-state index in [-0.39, 0.29) is 29.8 Å². The van der Waals surface area contributed by atoms with Gasteiger partial charge < -0.3 is 20.7 Å². The zero-order valence-corrected chi connectivity index (χ0v) is 18.8. The van der Waals surface area contributed by atoms with Gasteiger partial charge in [-0.15, -0.1) is 0 Å². The number of nitrogens with two attached hydrogens (primary N) is 1. The molecule has 1 aliphatic rings. The summed E-state index contributed by atoms with van der Waals surface area (Å²) in [6, 6.07) is 14.4. The molecule has 7 heteroatoms. The van der Waals surface area contributed by atoms with Crippen molar-refractivity contribution in [3.05, 3.63) is 59.1 Å². The van der Waals surface area contributed by atoms with Crippen LogP contribution >= 0.6 is 11.6 Å². The summed E-state index contributed by atoms with van der Waals surface area (Å²) in [6.45, 7) is 5.40. The Morgan fingerprint density at radius 3 is 2.55 bits per heavy atom. The number of benzene rings is 2. The van der Waals surface area contributed by atoms with Gasteiger partial charge in [-0.3, -0.25) is 9.59 Å². The number of carbonyl (C=O) groups excluding carboxylic acids is 2. The van der Waals surface area contributed by atoms with Gasteiger partial charge in [-0.05, 0) is 60.7 Å². The highest BCUT2D eigenvalue weighted by atomic mass is 35.5. The maximum absolute atomic E-state index is 12.9. The Balaban J connectivity index is 1.67. The van der Waals surface area contributed by atoms with Crippen LogP contribution in [0, 0.1) is 11.3 Å². The molecule has 0 radical (unpaired) electrons. The van der Waals surface area contributed by atoms with Crippen molar-refractivity contribution in [3.8, 4) is 5.75 Å². The van der Waals surface area contributed by atoms with Crippen LogP contribution in [0.1, 0.15) is 32.3 Å². The van der Waals surface area contributed by atoms with Gasteiger partial charge in [0.15, 0.2) is 6.61 Å². The normalized spacial score (nSPS) is 13.5. The van der Waals surface area contributed by atoms with Crippen molar-refractivity contribution in [2.75, 3.05) is 25.0 Å². The minimum atomic E-state index is -0.271. The number of nitrogens with one attached hydrogen (secondary N) is 1. The number of halogens is 1. The molecule has 0 aliphatic heterocycles. The molecule has 3 N–H and O–H groups in total. The van der Waals surface area contributed by atoms with Gasteiger partial charge in [-0.25, -0.2) is 0 Å². The fraction of sp³-hybridized carbons (Fsp3) is 0.417. The third kappa shape index (κ3) is 6.97. The highest BCUT2D eigenvalue weighted by molar-refractivity contribution is 6.31. The summed E-state index contributed by atoms with van der Waals surface area (Å²) in [4.78, 5) is 27.0. The van der Waals surface area contributed by atoms with Crippen LogP contribution < -0.4 is 15.8 Å². The van der Waals surface area contributed by atoms with Crippen LogP contribution in [0.25, 0.3) is 0 Å². The predicted octanol–water partition coefficient (Wildman–Crippen LogP) is 4.08. The van der Waals surface area contributed by atoms with Crippen molar-refractivity contribution in [2.24, 2.45) is 17.1 Å². The van der Waals surface area contributed by atoms with Gasteiger partial charge >= 0.3 is 0 Å². The number of ether oxygens (including phenoxy) is 1. The van der Waals surface area contributed by atoms with Crippen LogP contribution in [-0.4, -0.2) is 36.4 Å². The lowest BCUT2D eigenvalue weighted by atomic mass is 9.92. The summed E-state index contributed by atoms with van der Waals surface area (Å²) in [5.41, 5.74) is 7.09. The molecule has 0 heterocycles. The van der Waals surface area contributed by atoms with Crippen LogP contribution in [0.15, 0.2) is 48.5 Å². The van der Waals surface area contributed by atoms with Gasteiger partial charge in [0.05, 0.1) is 0 Å². The first-order valence-electron chi connectivity index (χ1n) is 10.5. The second-order valence-electron chi connectivity index (χ2n) is 8.79. The molecule has 2 amide bonds. The second-order valence-corrected chi connectivity index (χ2v) is 9.20. The average Bonchev–Trinajstić information content (AvgIpc) is 3.59. The number of para-hydroxylation sites is 1. The molecule has 0 saturated heterocycles. The molecular formula is C24H30ClN3O3. The first-order valence-corrected chi connectivity index (χ1v) is 10.9. The van der Waals surface area contributed by atoms with E-state index in [2.05, 4.69) is 5.32 Å². The Bertz CT molecular complexity index is 914. The first kappa shape index (κ1) is 23.1. The first-order chi connectivity index (χ1) is 14.8.